The summed E-state index contributed by atoms with van der Waals surface area (Å²) in [6.07, 6.45) is 2.94. The first-order valence-corrected chi connectivity index (χ1v) is 13.4. The Labute approximate surface area is 233 Å². The molecule has 0 radical (unpaired) electrons. The zero-order valence-electron chi connectivity index (χ0n) is 22.8. The van der Waals surface area contributed by atoms with Gasteiger partial charge in [-0.3, -0.25) is 24.5 Å². The molecule has 210 valence electrons. The molecule has 4 heterocycles. The second kappa shape index (κ2) is 11.0. The van der Waals surface area contributed by atoms with Crippen LogP contribution in [0.1, 0.15) is 50.4 Å². The number of methoxy groups -OCH3 is 3. The number of nitrogens with one attached hydrogen (secondary N) is 1. The summed E-state index contributed by atoms with van der Waals surface area (Å²) in [6, 6.07) is 3.36. The van der Waals surface area contributed by atoms with Crippen LogP contribution in [0.15, 0.2) is 28.5 Å². The van der Waals surface area contributed by atoms with Crippen LogP contribution in [0.5, 0.6) is 17.2 Å². The van der Waals surface area contributed by atoms with E-state index in [4.69, 9.17) is 14.2 Å². The van der Waals surface area contributed by atoms with Gasteiger partial charge in [-0.05, 0) is 31.9 Å². The van der Waals surface area contributed by atoms with Crippen LogP contribution in [0.25, 0.3) is 11.0 Å². The highest BCUT2D eigenvalue weighted by molar-refractivity contribution is 7.09. The van der Waals surface area contributed by atoms with Gasteiger partial charge < -0.3 is 19.1 Å². The Kier molecular flexibility index (Phi) is 7.43. The third-order valence-electron chi connectivity index (χ3n) is 6.87. The second-order valence-corrected chi connectivity index (χ2v) is 10.2. The van der Waals surface area contributed by atoms with Crippen molar-refractivity contribution in [2.45, 2.75) is 25.7 Å². The molecule has 0 saturated carbocycles. The Morgan fingerprint density at radius 3 is 2.45 bits per heavy atom. The van der Waals surface area contributed by atoms with Crippen LogP contribution in [0.2, 0.25) is 0 Å². The average molecular weight is 568 g/mol. The molecule has 4 aromatic rings. The molecule has 13 nitrogen and oxygen atoms in total. The number of likely N-dealkylation sites (tertiary alicyclic amines) is 1. The number of nitrogens with zero attached hydrogens (tertiary/aromatic N) is 6. The van der Waals surface area contributed by atoms with Gasteiger partial charge >= 0.3 is 0 Å². The summed E-state index contributed by atoms with van der Waals surface area (Å²) in [6.45, 7) is 2.66. The molecular weight excluding hydrogens is 538 g/mol. The summed E-state index contributed by atoms with van der Waals surface area (Å²) < 4.78 is 18.8. The van der Waals surface area contributed by atoms with Crippen molar-refractivity contribution in [1.29, 1.82) is 0 Å². The maximum atomic E-state index is 13.3. The van der Waals surface area contributed by atoms with Gasteiger partial charge in [0, 0.05) is 37.6 Å². The largest absolute Gasteiger partial charge is 0.493 e. The number of hydrogen-bond acceptors (Lipinski definition) is 10. The number of ether oxygens (including phenoxy) is 3. The fraction of sp³-hybridized carbons (Fsp3) is 0.385. The van der Waals surface area contributed by atoms with Crippen LogP contribution in [-0.2, 0) is 7.05 Å². The molecule has 5 rings (SSSR count). The zero-order chi connectivity index (χ0) is 28.6. The van der Waals surface area contributed by atoms with Gasteiger partial charge in [0.25, 0.3) is 17.4 Å². The van der Waals surface area contributed by atoms with Crippen molar-refractivity contribution in [2.24, 2.45) is 7.05 Å². The van der Waals surface area contributed by atoms with Gasteiger partial charge in [-0.15, -0.1) is 11.3 Å². The normalized spacial score (nSPS) is 13.9. The van der Waals surface area contributed by atoms with Crippen LogP contribution in [0.4, 0.5) is 0 Å². The minimum atomic E-state index is -0.508. The van der Waals surface area contributed by atoms with E-state index in [-0.39, 0.29) is 17.5 Å². The molecule has 14 heteroatoms. The smallest absolute Gasteiger partial charge is 0.289 e. The molecule has 1 N–H and O–H groups in total. The number of benzene rings is 1. The summed E-state index contributed by atoms with van der Waals surface area (Å²) in [5.41, 5.74) is 3.13. The topological polar surface area (TPSA) is 143 Å². The van der Waals surface area contributed by atoms with Gasteiger partial charge in [0.15, 0.2) is 17.1 Å². The molecular formula is C26H29N7O6S. The van der Waals surface area contributed by atoms with Crippen LogP contribution < -0.4 is 25.2 Å². The predicted octanol–water partition coefficient (Wildman–Crippen LogP) is 2.32. The molecule has 0 spiro atoms. The predicted molar refractivity (Wildman–Crippen MR) is 147 cm³/mol. The van der Waals surface area contributed by atoms with E-state index in [1.165, 1.54) is 37.3 Å². The Bertz CT molecular complexity index is 1650. The molecule has 0 atom stereocenters. The van der Waals surface area contributed by atoms with Gasteiger partial charge in [-0.2, -0.15) is 5.10 Å². The van der Waals surface area contributed by atoms with E-state index in [9.17, 15) is 14.4 Å². The van der Waals surface area contributed by atoms with Crippen molar-refractivity contribution in [2.75, 3.05) is 39.8 Å². The molecule has 1 saturated heterocycles. The van der Waals surface area contributed by atoms with Crippen molar-refractivity contribution in [3.8, 4) is 17.2 Å². The lowest BCUT2D eigenvalue weighted by atomic mass is 9.97. The average Bonchev–Trinajstić information content (AvgIpc) is 3.61. The molecule has 3 aromatic heterocycles. The fourth-order valence-corrected chi connectivity index (χ4v) is 5.79. The Hall–Kier alpha value is -4.46. The van der Waals surface area contributed by atoms with Gasteiger partial charge in [0.2, 0.25) is 5.75 Å². The van der Waals surface area contributed by atoms with E-state index in [2.05, 4.69) is 20.5 Å². The monoisotopic (exact) mass is 567 g/mol. The zero-order valence-corrected chi connectivity index (χ0v) is 23.6. The lowest BCUT2D eigenvalue weighted by molar-refractivity contribution is 0.0708. The minimum Gasteiger partial charge on any atom is -0.493 e. The second-order valence-electron chi connectivity index (χ2n) is 9.30. The van der Waals surface area contributed by atoms with E-state index >= 15 is 0 Å². The standard InChI is InChI=1S/C26H29N7O6S/c1-14-27-22-17(12-31(2)29-22)26(36)33(14)30-23(34)18-13-40-24(28-18)15-8-10-32(11-9-15)25(35)16-6-7-19(37-3)21(39-5)20(16)38-4/h6-7,12-13,15H,8-11H2,1-5H3,(H,30,34). The van der Waals surface area contributed by atoms with E-state index in [1.807, 2.05) is 0 Å². The van der Waals surface area contributed by atoms with Crippen molar-refractivity contribution < 1.29 is 23.8 Å². The summed E-state index contributed by atoms with van der Waals surface area (Å²) in [4.78, 5) is 49.8. The highest BCUT2D eigenvalue weighted by Crippen LogP contribution is 2.40. The van der Waals surface area contributed by atoms with Crippen LogP contribution in [0, 0.1) is 6.92 Å². The highest BCUT2D eigenvalue weighted by Gasteiger charge is 2.30. The number of rotatable bonds is 7. The fourth-order valence-electron chi connectivity index (χ4n) is 4.82. The molecule has 0 bridgehead atoms. The minimum absolute atomic E-state index is 0.0979. The summed E-state index contributed by atoms with van der Waals surface area (Å²) >= 11 is 1.39. The molecule has 1 fully saturated rings. The lowest BCUT2D eigenvalue weighted by Gasteiger charge is -2.31. The third kappa shape index (κ3) is 4.85. The van der Waals surface area contributed by atoms with Gasteiger partial charge in [-0.25, -0.2) is 14.6 Å². The molecule has 40 heavy (non-hydrogen) atoms. The van der Waals surface area contributed by atoms with Crippen molar-refractivity contribution >= 4 is 34.2 Å². The maximum Gasteiger partial charge on any atom is 0.289 e. The number of fused-ring (bicyclic) bond motifs is 1. The highest BCUT2D eigenvalue weighted by atomic mass is 32.1. The number of carbonyl (C=O) groups excluding carboxylic acids is 2. The third-order valence-corrected chi connectivity index (χ3v) is 7.88. The first-order chi connectivity index (χ1) is 19.2. The van der Waals surface area contributed by atoms with Gasteiger partial charge in [0.05, 0.1) is 31.9 Å². The van der Waals surface area contributed by atoms with Gasteiger partial charge in [-0.1, -0.05) is 0 Å². The molecule has 2 amide bonds. The van der Waals surface area contributed by atoms with Crippen LogP contribution in [0.3, 0.4) is 0 Å². The van der Waals surface area contributed by atoms with Crippen LogP contribution >= 0.6 is 11.3 Å². The number of thiazole rings is 1. The molecule has 1 aliphatic rings. The summed E-state index contributed by atoms with van der Waals surface area (Å²) in [7, 11) is 6.21. The molecule has 1 aliphatic heterocycles. The first kappa shape index (κ1) is 27.1. The van der Waals surface area contributed by atoms with Crippen molar-refractivity contribution in [1.82, 2.24) is 29.3 Å². The number of hydrogen-bond donors (Lipinski definition) is 1. The lowest BCUT2D eigenvalue weighted by Crippen LogP contribution is -2.38. The van der Waals surface area contributed by atoms with Gasteiger partial charge in [0.1, 0.15) is 16.9 Å². The SMILES string of the molecule is COc1ccc(C(=O)N2CCC(c3nc(C(=O)Nn4c(C)nc5nn(C)cc5c4=O)cs3)CC2)c(OC)c1OC. The van der Waals surface area contributed by atoms with E-state index in [0.29, 0.717) is 65.6 Å². The Balaban J connectivity index is 1.26. The molecule has 0 aliphatic carbocycles. The van der Waals surface area contributed by atoms with Crippen molar-refractivity contribution in [3.63, 3.8) is 0 Å². The number of aryl methyl sites for hydroxylation is 2. The Morgan fingerprint density at radius 1 is 1.05 bits per heavy atom. The maximum absolute atomic E-state index is 13.3. The van der Waals surface area contributed by atoms with E-state index < -0.39 is 11.5 Å². The van der Waals surface area contributed by atoms with E-state index in [1.54, 1.807) is 42.6 Å². The van der Waals surface area contributed by atoms with Crippen molar-refractivity contribution in [3.05, 3.63) is 56.2 Å². The van der Waals surface area contributed by atoms with Crippen LogP contribution in [-0.4, -0.2) is 75.6 Å². The Morgan fingerprint density at radius 2 is 1.77 bits per heavy atom. The van der Waals surface area contributed by atoms with E-state index in [0.717, 1.165) is 9.68 Å². The molecule has 1 aromatic carbocycles. The number of amides is 2. The summed E-state index contributed by atoms with van der Waals surface area (Å²) in [5.74, 6) is 0.919. The number of piperidine rings is 1. The first-order valence-electron chi connectivity index (χ1n) is 12.5. The number of aromatic nitrogens is 5. The molecule has 0 unspecified atom stereocenters. The summed E-state index contributed by atoms with van der Waals surface area (Å²) in [5, 5.41) is 6.94. The number of carbonyl (C=O) groups is 2. The quantitative estimate of drug-likeness (QED) is 0.356.